The van der Waals surface area contributed by atoms with Crippen molar-refractivity contribution in [3.05, 3.63) is 0 Å². The Kier molecular flexibility index (Phi) is 8.62. The SMILES string of the molecule is COCC(C)S(=O)(=O)N(C)CC(C)(C)CN.Cl. The van der Waals surface area contributed by atoms with Crippen LogP contribution < -0.4 is 5.73 Å². The van der Waals surface area contributed by atoms with Crippen molar-refractivity contribution in [3.8, 4) is 0 Å². The molecule has 7 heteroatoms. The van der Waals surface area contributed by atoms with E-state index in [1.54, 1.807) is 14.0 Å². The van der Waals surface area contributed by atoms with Crippen molar-refractivity contribution in [1.29, 1.82) is 0 Å². The van der Waals surface area contributed by atoms with E-state index in [2.05, 4.69) is 0 Å². The van der Waals surface area contributed by atoms with E-state index in [0.717, 1.165) is 0 Å². The van der Waals surface area contributed by atoms with Gasteiger partial charge in [-0.15, -0.1) is 12.4 Å². The average molecular weight is 289 g/mol. The van der Waals surface area contributed by atoms with Gasteiger partial charge in [0, 0.05) is 20.7 Å². The van der Waals surface area contributed by atoms with Gasteiger partial charge in [0.05, 0.1) is 11.9 Å². The topological polar surface area (TPSA) is 72.6 Å². The molecule has 0 spiro atoms. The maximum Gasteiger partial charge on any atom is 0.218 e. The van der Waals surface area contributed by atoms with Gasteiger partial charge in [0.25, 0.3) is 0 Å². The minimum atomic E-state index is -3.29. The van der Waals surface area contributed by atoms with Gasteiger partial charge >= 0.3 is 0 Å². The Bertz CT molecular complexity index is 307. The van der Waals surface area contributed by atoms with Crippen LogP contribution in [0.1, 0.15) is 20.8 Å². The molecule has 0 radical (unpaired) electrons. The Balaban J connectivity index is 0. The van der Waals surface area contributed by atoms with E-state index < -0.39 is 15.3 Å². The van der Waals surface area contributed by atoms with Crippen molar-refractivity contribution in [2.24, 2.45) is 11.1 Å². The van der Waals surface area contributed by atoms with E-state index in [-0.39, 0.29) is 24.4 Å². The zero-order valence-corrected chi connectivity index (χ0v) is 12.9. The first-order valence-electron chi connectivity index (χ1n) is 5.31. The van der Waals surface area contributed by atoms with Gasteiger partial charge in [-0.05, 0) is 18.9 Å². The molecular weight excluding hydrogens is 264 g/mol. The van der Waals surface area contributed by atoms with Crippen LogP contribution in [0.3, 0.4) is 0 Å². The number of hydrogen-bond donors (Lipinski definition) is 1. The minimum absolute atomic E-state index is 0. The molecule has 0 bridgehead atoms. The lowest BCUT2D eigenvalue weighted by Crippen LogP contribution is -2.43. The largest absolute Gasteiger partial charge is 0.383 e. The molecule has 0 aliphatic heterocycles. The molecule has 0 saturated heterocycles. The van der Waals surface area contributed by atoms with Crippen molar-refractivity contribution in [2.45, 2.75) is 26.0 Å². The van der Waals surface area contributed by atoms with E-state index >= 15 is 0 Å². The molecule has 0 aliphatic carbocycles. The molecule has 5 nitrogen and oxygen atoms in total. The van der Waals surface area contributed by atoms with Crippen LogP contribution in [0.2, 0.25) is 0 Å². The fourth-order valence-electron chi connectivity index (χ4n) is 1.39. The van der Waals surface area contributed by atoms with Crippen molar-refractivity contribution < 1.29 is 13.2 Å². The number of nitrogens with two attached hydrogens (primary N) is 1. The lowest BCUT2D eigenvalue weighted by molar-refractivity contribution is 0.197. The first kappa shape index (κ1) is 19.5. The van der Waals surface area contributed by atoms with Gasteiger partial charge in [-0.1, -0.05) is 13.8 Å². The van der Waals surface area contributed by atoms with Crippen molar-refractivity contribution >= 4 is 22.4 Å². The second-order valence-corrected chi connectivity index (χ2v) is 7.39. The molecule has 0 saturated carbocycles. The molecule has 0 aromatic carbocycles. The van der Waals surface area contributed by atoms with Gasteiger partial charge in [0.1, 0.15) is 0 Å². The van der Waals surface area contributed by atoms with Crippen LogP contribution in [0.15, 0.2) is 0 Å². The quantitative estimate of drug-likeness (QED) is 0.748. The van der Waals surface area contributed by atoms with Gasteiger partial charge in [0.2, 0.25) is 10.0 Å². The normalized spacial score (nSPS) is 14.5. The summed E-state index contributed by atoms with van der Waals surface area (Å²) >= 11 is 0. The molecular formula is C10H25ClN2O3S. The molecule has 2 N–H and O–H groups in total. The van der Waals surface area contributed by atoms with Crippen molar-refractivity contribution in [3.63, 3.8) is 0 Å². The highest BCUT2D eigenvalue weighted by atomic mass is 35.5. The van der Waals surface area contributed by atoms with E-state index in [1.165, 1.54) is 11.4 Å². The fraction of sp³-hybridized carbons (Fsp3) is 1.00. The third-order valence-corrected chi connectivity index (χ3v) is 4.70. The molecule has 0 heterocycles. The van der Waals surface area contributed by atoms with Gasteiger partial charge in [-0.3, -0.25) is 0 Å². The smallest absolute Gasteiger partial charge is 0.218 e. The van der Waals surface area contributed by atoms with Crippen LogP contribution in [-0.2, 0) is 14.8 Å². The van der Waals surface area contributed by atoms with Gasteiger partial charge in [-0.25, -0.2) is 12.7 Å². The summed E-state index contributed by atoms with van der Waals surface area (Å²) in [6.45, 7) is 6.60. The summed E-state index contributed by atoms with van der Waals surface area (Å²) in [6, 6.07) is 0. The van der Waals surface area contributed by atoms with E-state index in [9.17, 15) is 8.42 Å². The molecule has 1 unspecified atom stereocenters. The first-order valence-corrected chi connectivity index (χ1v) is 6.82. The van der Waals surface area contributed by atoms with Gasteiger partial charge in [0.15, 0.2) is 0 Å². The summed E-state index contributed by atoms with van der Waals surface area (Å²) in [7, 11) is -0.214. The van der Waals surface area contributed by atoms with Crippen LogP contribution >= 0.6 is 12.4 Å². The van der Waals surface area contributed by atoms with Gasteiger partial charge < -0.3 is 10.5 Å². The summed E-state index contributed by atoms with van der Waals surface area (Å²) in [5, 5.41) is -0.531. The highest BCUT2D eigenvalue weighted by molar-refractivity contribution is 7.89. The number of hydrogen-bond acceptors (Lipinski definition) is 4. The lowest BCUT2D eigenvalue weighted by Gasteiger charge is -2.30. The summed E-state index contributed by atoms with van der Waals surface area (Å²) < 4.78 is 30.3. The lowest BCUT2D eigenvalue weighted by atomic mass is 9.94. The number of methoxy groups -OCH3 is 1. The summed E-state index contributed by atoms with van der Waals surface area (Å²) in [6.07, 6.45) is 0. The minimum Gasteiger partial charge on any atom is -0.383 e. The second kappa shape index (κ2) is 7.53. The van der Waals surface area contributed by atoms with Crippen LogP contribution in [0.4, 0.5) is 0 Å². The van der Waals surface area contributed by atoms with Gasteiger partial charge in [-0.2, -0.15) is 0 Å². The molecule has 0 fully saturated rings. The standard InChI is InChI=1S/C10H24N2O3S.ClH/c1-9(6-15-5)16(13,14)12(4)8-10(2,3)7-11;/h9H,6-8,11H2,1-5H3;1H. The third kappa shape index (κ3) is 6.01. The zero-order valence-electron chi connectivity index (χ0n) is 11.3. The summed E-state index contributed by atoms with van der Waals surface area (Å²) in [4.78, 5) is 0. The maximum atomic E-state index is 12.0. The van der Waals surface area contributed by atoms with Crippen LogP contribution in [0.5, 0.6) is 0 Å². The summed E-state index contributed by atoms with van der Waals surface area (Å²) in [5.74, 6) is 0. The number of halogens is 1. The molecule has 0 aromatic heterocycles. The predicted octanol–water partition coefficient (Wildman–Crippen LogP) is 0.690. The highest BCUT2D eigenvalue weighted by Crippen LogP contribution is 2.18. The highest BCUT2D eigenvalue weighted by Gasteiger charge is 2.29. The predicted molar refractivity (Wildman–Crippen MR) is 73.0 cm³/mol. The van der Waals surface area contributed by atoms with Crippen molar-refractivity contribution in [1.82, 2.24) is 4.31 Å². The van der Waals surface area contributed by atoms with E-state index in [4.69, 9.17) is 10.5 Å². The van der Waals surface area contributed by atoms with E-state index in [0.29, 0.717) is 13.1 Å². The molecule has 17 heavy (non-hydrogen) atoms. The molecule has 106 valence electrons. The maximum absolute atomic E-state index is 12.0. The van der Waals surface area contributed by atoms with E-state index in [1.807, 2.05) is 13.8 Å². The van der Waals surface area contributed by atoms with Crippen LogP contribution in [-0.4, -0.2) is 51.8 Å². The van der Waals surface area contributed by atoms with Crippen LogP contribution in [0, 0.1) is 5.41 Å². The molecule has 1 atom stereocenters. The Morgan fingerprint density at radius 2 is 1.88 bits per heavy atom. The molecule has 0 rings (SSSR count). The average Bonchev–Trinajstić information content (AvgIpc) is 2.17. The second-order valence-electron chi connectivity index (χ2n) is 4.94. The number of sulfonamides is 1. The Labute approximate surface area is 111 Å². The van der Waals surface area contributed by atoms with Crippen LogP contribution in [0.25, 0.3) is 0 Å². The third-order valence-electron chi connectivity index (χ3n) is 2.55. The molecule has 0 aliphatic rings. The number of ether oxygens (including phenoxy) is 1. The summed E-state index contributed by atoms with van der Waals surface area (Å²) in [5.41, 5.74) is 5.37. The number of rotatable bonds is 7. The Morgan fingerprint density at radius 3 is 2.24 bits per heavy atom. The monoisotopic (exact) mass is 288 g/mol. The molecule has 0 amide bonds. The zero-order chi connectivity index (χ0) is 13.0. The van der Waals surface area contributed by atoms with Crippen molar-refractivity contribution in [2.75, 3.05) is 33.9 Å². The first-order chi connectivity index (χ1) is 7.17. The molecule has 0 aromatic rings. The fourth-order valence-corrected chi connectivity index (χ4v) is 2.84. The number of nitrogens with zero attached hydrogens (tertiary/aromatic N) is 1. The Hall–Kier alpha value is 0.120. The Morgan fingerprint density at radius 1 is 1.41 bits per heavy atom.